The Morgan fingerprint density at radius 2 is 2.31 bits per heavy atom. The van der Waals surface area contributed by atoms with E-state index in [1.807, 2.05) is 12.1 Å². The van der Waals surface area contributed by atoms with Crippen LogP contribution in [0.1, 0.15) is 19.5 Å². The van der Waals surface area contributed by atoms with Crippen LogP contribution in [-0.4, -0.2) is 26.3 Å². The molecule has 5 nitrogen and oxygen atoms in total. The highest BCUT2D eigenvalue weighted by Gasteiger charge is 2.29. The molecule has 16 heavy (non-hydrogen) atoms. The van der Waals surface area contributed by atoms with E-state index in [9.17, 15) is 4.79 Å². The van der Waals surface area contributed by atoms with Crippen LogP contribution in [-0.2, 0) is 11.2 Å². The Hall–Kier alpha value is -1.91. The molecule has 0 aromatic carbocycles. The van der Waals surface area contributed by atoms with Gasteiger partial charge in [-0.05, 0) is 26.0 Å². The van der Waals surface area contributed by atoms with Gasteiger partial charge in [0.05, 0.1) is 11.1 Å². The lowest BCUT2D eigenvalue weighted by atomic mass is 9.87. The molecule has 0 unspecified atom stereocenters. The second-order valence-electron chi connectivity index (χ2n) is 4.44. The highest BCUT2D eigenvalue weighted by molar-refractivity contribution is 5.79. The molecule has 2 heterocycles. The summed E-state index contributed by atoms with van der Waals surface area (Å²) in [5, 5.41) is 16.9. The fraction of sp³-hybridized carbons (Fsp3) is 0.364. The molecule has 0 atom stereocenters. The SMILES string of the molecule is CC(C)(Cc1n[nH]c2ncccc12)C(=O)O. The predicted octanol–water partition coefficient (Wildman–Crippen LogP) is 1.61. The lowest BCUT2D eigenvalue weighted by Gasteiger charge is -2.17. The smallest absolute Gasteiger partial charge is 0.309 e. The van der Waals surface area contributed by atoms with Crippen LogP contribution in [0.15, 0.2) is 18.3 Å². The molecule has 84 valence electrons. The van der Waals surface area contributed by atoms with E-state index in [2.05, 4.69) is 15.2 Å². The van der Waals surface area contributed by atoms with Gasteiger partial charge in [-0.15, -0.1) is 0 Å². The Balaban J connectivity index is 2.38. The van der Waals surface area contributed by atoms with Crippen LogP contribution in [0.5, 0.6) is 0 Å². The summed E-state index contributed by atoms with van der Waals surface area (Å²) in [5.74, 6) is -0.826. The Bertz CT molecular complexity index is 531. The summed E-state index contributed by atoms with van der Waals surface area (Å²) in [7, 11) is 0. The number of H-pyrrole nitrogens is 1. The third-order valence-corrected chi connectivity index (χ3v) is 2.60. The van der Waals surface area contributed by atoms with Crippen LogP contribution in [0, 0.1) is 5.41 Å². The molecule has 0 fully saturated rings. The summed E-state index contributed by atoms with van der Waals surface area (Å²) in [6.45, 7) is 3.37. The highest BCUT2D eigenvalue weighted by atomic mass is 16.4. The first kappa shape index (κ1) is 10.6. The quantitative estimate of drug-likeness (QED) is 0.822. The molecule has 0 radical (unpaired) electrons. The number of fused-ring (bicyclic) bond motifs is 1. The fourth-order valence-corrected chi connectivity index (χ4v) is 1.54. The first-order valence-corrected chi connectivity index (χ1v) is 5.02. The zero-order chi connectivity index (χ0) is 11.8. The summed E-state index contributed by atoms with van der Waals surface area (Å²) in [6, 6.07) is 3.70. The van der Waals surface area contributed by atoms with E-state index in [1.54, 1.807) is 20.0 Å². The first-order valence-electron chi connectivity index (χ1n) is 5.02. The van der Waals surface area contributed by atoms with Gasteiger partial charge < -0.3 is 5.11 Å². The molecule has 2 aromatic heterocycles. The van der Waals surface area contributed by atoms with Crippen molar-refractivity contribution in [3.63, 3.8) is 0 Å². The van der Waals surface area contributed by atoms with Crippen molar-refractivity contribution in [2.45, 2.75) is 20.3 Å². The standard InChI is InChI=1S/C11H13N3O2/c1-11(2,10(15)16)6-8-7-4-3-5-12-9(7)14-13-8/h3-5H,6H2,1-2H3,(H,15,16)(H,12,13,14). The van der Waals surface area contributed by atoms with Gasteiger partial charge in [0.15, 0.2) is 5.65 Å². The van der Waals surface area contributed by atoms with Crippen LogP contribution in [0.2, 0.25) is 0 Å². The van der Waals surface area contributed by atoms with Crippen LogP contribution in [0.3, 0.4) is 0 Å². The first-order chi connectivity index (χ1) is 7.50. The molecule has 0 spiro atoms. The van der Waals surface area contributed by atoms with E-state index in [-0.39, 0.29) is 0 Å². The van der Waals surface area contributed by atoms with Crippen molar-refractivity contribution in [2.75, 3.05) is 0 Å². The number of aromatic amines is 1. The third-order valence-electron chi connectivity index (χ3n) is 2.60. The van der Waals surface area contributed by atoms with Gasteiger partial charge in [0.2, 0.25) is 0 Å². The number of hydrogen-bond acceptors (Lipinski definition) is 3. The van der Waals surface area contributed by atoms with Crippen molar-refractivity contribution < 1.29 is 9.90 Å². The lowest BCUT2D eigenvalue weighted by Crippen LogP contribution is -2.26. The summed E-state index contributed by atoms with van der Waals surface area (Å²) in [5.41, 5.74) is 0.618. The Labute approximate surface area is 92.5 Å². The minimum Gasteiger partial charge on any atom is -0.481 e. The molecule has 0 aliphatic carbocycles. The zero-order valence-electron chi connectivity index (χ0n) is 9.19. The number of rotatable bonds is 3. The normalized spacial score (nSPS) is 11.9. The maximum atomic E-state index is 11.0. The maximum absolute atomic E-state index is 11.0. The van der Waals surface area contributed by atoms with Crippen LogP contribution in [0.25, 0.3) is 11.0 Å². The molecule has 2 rings (SSSR count). The van der Waals surface area contributed by atoms with Crippen molar-refractivity contribution >= 4 is 17.0 Å². The molecular weight excluding hydrogens is 206 g/mol. The second-order valence-corrected chi connectivity index (χ2v) is 4.44. The summed E-state index contributed by atoms with van der Waals surface area (Å²) >= 11 is 0. The van der Waals surface area contributed by atoms with Gasteiger partial charge >= 0.3 is 5.97 Å². The molecule has 2 aromatic rings. The number of carboxylic acids is 1. The van der Waals surface area contributed by atoms with Crippen molar-refractivity contribution in [3.05, 3.63) is 24.0 Å². The average Bonchev–Trinajstić information content (AvgIpc) is 2.61. The van der Waals surface area contributed by atoms with Gasteiger partial charge in [0.1, 0.15) is 0 Å². The molecule has 0 aliphatic heterocycles. The summed E-state index contributed by atoms with van der Waals surface area (Å²) in [6.07, 6.45) is 2.06. The molecule has 0 amide bonds. The van der Waals surface area contributed by atoms with Crippen molar-refractivity contribution in [1.82, 2.24) is 15.2 Å². The van der Waals surface area contributed by atoms with Crippen LogP contribution in [0.4, 0.5) is 0 Å². The molecule has 0 saturated heterocycles. The summed E-state index contributed by atoms with van der Waals surface area (Å²) in [4.78, 5) is 15.1. The third kappa shape index (κ3) is 1.76. The largest absolute Gasteiger partial charge is 0.481 e. The predicted molar refractivity (Wildman–Crippen MR) is 59.0 cm³/mol. The topological polar surface area (TPSA) is 78.9 Å². The number of nitrogens with zero attached hydrogens (tertiary/aromatic N) is 2. The number of hydrogen-bond donors (Lipinski definition) is 2. The number of nitrogens with one attached hydrogen (secondary N) is 1. The molecular formula is C11H13N3O2. The fourth-order valence-electron chi connectivity index (χ4n) is 1.54. The maximum Gasteiger partial charge on any atom is 0.309 e. The highest BCUT2D eigenvalue weighted by Crippen LogP contribution is 2.24. The van der Waals surface area contributed by atoms with Crippen molar-refractivity contribution in [3.8, 4) is 0 Å². The molecule has 0 bridgehead atoms. The van der Waals surface area contributed by atoms with Crippen LogP contribution >= 0.6 is 0 Å². The van der Waals surface area contributed by atoms with E-state index in [0.29, 0.717) is 12.1 Å². The van der Waals surface area contributed by atoms with E-state index < -0.39 is 11.4 Å². The monoisotopic (exact) mass is 219 g/mol. The van der Waals surface area contributed by atoms with Crippen molar-refractivity contribution in [2.24, 2.45) is 5.41 Å². The Morgan fingerprint density at radius 3 is 3.00 bits per heavy atom. The van der Waals surface area contributed by atoms with E-state index in [4.69, 9.17) is 5.11 Å². The molecule has 2 N–H and O–H groups in total. The number of carbonyl (C=O) groups is 1. The van der Waals surface area contributed by atoms with Crippen molar-refractivity contribution in [1.29, 1.82) is 0 Å². The number of aromatic nitrogens is 3. The minimum absolute atomic E-state index is 0.383. The van der Waals surface area contributed by atoms with E-state index >= 15 is 0 Å². The van der Waals surface area contributed by atoms with Crippen LogP contribution < -0.4 is 0 Å². The Morgan fingerprint density at radius 1 is 1.56 bits per heavy atom. The van der Waals surface area contributed by atoms with E-state index in [0.717, 1.165) is 11.1 Å². The number of carboxylic acid groups (broad SMARTS) is 1. The van der Waals surface area contributed by atoms with Gasteiger partial charge in [0, 0.05) is 18.0 Å². The molecule has 5 heteroatoms. The van der Waals surface area contributed by atoms with E-state index in [1.165, 1.54) is 0 Å². The molecule has 0 aliphatic rings. The van der Waals surface area contributed by atoms with Gasteiger partial charge in [-0.3, -0.25) is 9.89 Å². The number of pyridine rings is 1. The Kier molecular flexibility index (Phi) is 2.38. The number of aliphatic carboxylic acids is 1. The zero-order valence-corrected chi connectivity index (χ0v) is 9.19. The van der Waals surface area contributed by atoms with Gasteiger partial charge in [0.25, 0.3) is 0 Å². The lowest BCUT2D eigenvalue weighted by molar-refractivity contribution is -0.146. The summed E-state index contributed by atoms with van der Waals surface area (Å²) < 4.78 is 0. The van der Waals surface area contributed by atoms with Gasteiger partial charge in [-0.2, -0.15) is 5.10 Å². The molecule has 0 saturated carbocycles. The minimum atomic E-state index is -0.826. The second kappa shape index (κ2) is 3.59. The average molecular weight is 219 g/mol. The van der Waals surface area contributed by atoms with Gasteiger partial charge in [-0.25, -0.2) is 4.98 Å². The van der Waals surface area contributed by atoms with Gasteiger partial charge in [-0.1, -0.05) is 0 Å².